The Hall–Kier alpha value is -1.61. The zero-order chi connectivity index (χ0) is 14.0. The molecule has 2 aromatic rings. The summed E-state index contributed by atoms with van der Waals surface area (Å²) in [7, 11) is 0. The van der Waals surface area contributed by atoms with Gasteiger partial charge in [-0.1, -0.05) is 11.6 Å². The summed E-state index contributed by atoms with van der Waals surface area (Å²) in [5, 5.41) is 14.3. The molecule has 0 atom stereocenters. The highest BCUT2D eigenvalue weighted by Crippen LogP contribution is 2.27. The number of anilines is 3. The first-order valence-corrected chi connectivity index (χ1v) is 6.55. The standard InChI is InChI=1S/C11H8ClIN4O2/c12-6-1-2-9(8(13)3-6)15-11-5-7(17(18)19)4-10(14)16-11/h1-5H,(H3,14,15,16). The molecule has 2 rings (SSSR count). The van der Waals surface area contributed by atoms with E-state index in [0.29, 0.717) is 10.8 Å². The van der Waals surface area contributed by atoms with E-state index in [2.05, 4.69) is 32.9 Å². The van der Waals surface area contributed by atoms with E-state index >= 15 is 0 Å². The topological polar surface area (TPSA) is 94.1 Å². The van der Waals surface area contributed by atoms with Gasteiger partial charge in [0, 0.05) is 8.59 Å². The van der Waals surface area contributed by atoms with Gasteiger partial charge in [-0.15, -0.1) is 0 Å². The summed E-state index contributed by atoms with van der Waals surface area (Å²) in [6.45, 7) is 0. The third kappa shape index (κ3) is 3.44. The van der Waals surface area contributed by atoms with Crippen LogP contribution in [0.4, 0.5) is 23.0 Å². The van der Waals surface area contributed by atoms with Crippen LogP contribution in [0.15, 0.2) is 30.3 Å². The van der Waals surface area contributed by atoms with Gasteiger partial charge in [0.15, 0.2) is 0 Å². The van der Waals surface area contributed by atoms with Crippen molar-refractivity contribution in [1.82, 2.24) is 4.98 Å². The monoisotopic (exact) mass is 390 g/mol. The largest absolute Gasteiger partial charge is 0.383 e. The second-order valence-electron chi connectivity index (χ2n) is 3.64. The number of nitrogens with one attached hydrogen (secondary N) is 1. The van der Waals surface area contributed by atoms with Gasteiger partial charge < -0.3 is 11.1 Å². The Morgan fingerprint density at radius 1 is 1.37 bits per heavy atom. The second-order valence-corrected chi connectivity index (χ2v) is 5.24. The Labute approximate surface area is 127 Å². The predicted molar refractivity (Wildman–Crippen MR) is 82.8 cm³/mol. The molecule has 0 spiro atoms. The van der Waals surface area contributed by atoms with Gasteiger partial charge in [-0.25, -0.2) is 4.98 Å². The Balaban J connectivity index is 2.35. The van der Waals surface area contributed by atoms with Crippen molar-refractivity contribution in [2.24, 2.45) is 0 Å². The highest BCUT2D eigenvalue weighted by atomic mass is 127. The number of nitro groups is 1. The maximum absolute atomic E-state index is 10.7. The number of rotatable bonds is 3. The van der Waals surface area contributed by atoms with Gasteiger partial charge >= 0.3 is 0 Å². The molecule has 1 aromatic heterocycles. The molecule has 6 nitrogen and oxygen atoms in total. The van der Waals surface area contributed by atoms with E-state index in [4.69, 9.17) is 17.3 Å². The van der Waals surface area contributed by atoms with Crippen molar-refractivity contribution in [2.75, 3.05) is 11.1 Å². The quantitative estimate of drug-likeness (QED) is 0.475. The van der Waals surface area contributed by atoms with Crippen molar-refractivity contribution in [1.29, 1.82) is 0 Å². The number of pyridine rings is 1. The van der Waals surface area contributed by atoms with Crippen molar-refractivity contribution in [3.8, 4) is 0 Å². The van der Waals surface area contributed by atoms with Gasteiger partial charge in [-0.05, 0) is 40.8 Å². The van der Waals surface area contributed by atoms with Crippen LogP contribution in [0.2, 0.25) is 5.02 Å². The normalized spacial score (nSPS) is 10.2. The maximum Gasteiger partial charge on any atom is 0.276 e. The van der Waals surface area contributed by atoms with E-state index in [1.165, 1.54) is 12.1 Å². The second kappa shape index (κ2) is 5.57. The summed E-state index contributed by atoms with van der Waals surface area (Å²) in [5.41, 5.74) is 6.17. The fraction of sp³-hybridized carbons (Fsp3) is 0. The van der Waals surface area contributed by atoms with E-state index < -0.39 is 4.92 Å². The predicted octanol–water partition coefficient (Wildman–Crippen LogP) is 3.57. The van der Waals surface area contributed by atoms with Gasteiger partial charge in [-0.3, -0.25) is 10.1 Å². The van der Waals surface area contributed by atoms with Gasteiger partial charge in [0.25, 0.3) is 5.69 Å². The SMILES string of the molecule is Nc1cc([N+](=O)[O-])cc(Nc2ccc(Cl)cc2I)n1. The van der Waals surface area contributed by atoms with Crippen LogP contribution in [-0.4, -0.2) is 9.91 Å². The molecular weight excluding hydrogens is 383 g/mol. The smallest absolute Gasteiger partial charge is 0.276 e. The van der Waals surface area contributed by atoms with E-state index in [1.54, 1.807) is 18.2 Å². The molecule has 0 fully saturated rings. The minimum absolute atomic E-state index is 0.0840. The third-order valence-corrected chi connectivity index (χ3v) is 3.36. The maximum atomic E-state index is 10.7. The highest BCUT2D eigenvalue weighted by Gasteiger charge is 2.10. The molecule has 0 radical (unpaired) electrons. The van der Waals surface area contributed by atoms with Crippen molar-refractivity contribution < 1.29 is 4.92 Å². The summed E-state index contributed by atoms with van der Waals surface area (Å²) in [6, 6.07) is 7.78. The van der Waals surface area contributed by atoms with Crippen molar-refractivity contribution in [2.45, 2.75) is 0 Å². The van der Waals surface area contributed by atoms with Crippen LogP contribution in [0.25, 0.3) is 0 Å². The van der Waals surface area contributed by atoms with Crippen LogP contribution in [0, 0.1) is 13.7 Å². The third-order valence-electron chi connectivity index (χ3n) is 2.23. The molecule has 8 heteroatoms. The van der Waals surface area contributed by atoms with Crippen molar-refractivity contribution in [3.05, 3.63) is 49.0 Å². The minimum Gasteiger partial charge on any atom is -0.383 e. The molecule has 0 aliphatic heterocycles. The summed E-state index contributed by atoms with van der Waals surface area (Å²) >= 11 is 7.96. The van der Waals surface area contributed by atoms with Crippen LogP contribution in [0.3, 0.4) is 0 Å². The van der Waals surface area contributed by atoms with Gasteiger partial charge in [0.05, 0.1) is 22.7 Å². The van der Waals surface area contributed by atoms with E-state index in [9.17, 15) is 10.1 Å². The lowest BCUT2D eigenvalue weighted by Gasteiger charge is -2.08. The zero-order valence-corrected chi connectivity index (χ0v) is 12.3. The first-order valence-electron chi connectivity index (χ1n) is 5.10. The number of hydrogen-bond acceptors (Lipinski definition) is 5. The lowest BCUT2D eigenvalue weighted by atomic mass is 10.3. The average molecular weight is 391 g/mol. The van der Waals surface area contributed by atoms with Crippen LogP contribution in [-0.2, 0) is 0 Å². The van der Waals surface area contributed by atoms with Crippen LogP contribution >= 0.6 is 34.2 Å². The summed E-state index contributed by atoms with van der Waals surface area (Å²) in [6.07, 6.45) is 0. The fourth-order valence-electron chi connectivity index (χ4n) is 1.44. The molecule has 0 aliphatic carbocycles. The van der Waals surface area contributed by atoms with Gasteiger partial charge in [0.1, 0.15) is 11.6 Å². The van der Waals surface area contributed by atoms with E-state index in [0.717, 1.165) is 9.26 Å². The van der Waals surface area contributed by atoms with Crippen molar-refractivity contribution in [3.63, 3.8) is 0 Å². The molecule has 0 saturated heterocycles. The van der Waals surface area contributed by atoms with Gasteiger partial charge in [-0.2, -0.15) is 0 Å². The number of nitrogens with zero attached hydrogens (tertiary/aromatic N) is 2. The number of nitrogens with two attached hydrogens (primary N) is 1. The molecule has 0 saturated carbocycles. The summed E-state index contributed by atoms with van der Waals surface area (Å²) in [4.78, 5) is 14.2. The molecule has 0 aliphatic rings. The number of nitrogen functional groups attached to an aromatic ring is 1. The molecule has 1 heterocycles. The Morgan fingerprint density at radius 2 is 2.11 bits per heavy atom. The molecule has 0 unspecified atom stereocenters. The molecule has 1 aromatic carbocycles. The number of halogens is 2. The van der Waals surface area contributed by atoms with E-state index in [-0.39, 0.29) is 11.5 Å². The molecule has 3 N–H and O–H groups in total. The summed E-state index contributed by atoms with van der Waals surface area (Å²) in [5.74, 6) is 0.396. The molecule has 0 bridgehead atoms. The van der Waals surface area contributed by atoms with Crippen LogP contribution in [0.1, 0.15) is 0 Å². The van der Waals surface area contributed by atoms with Crippen LogP contribution in [0.5, 0.6) is 0 Å². The first kappa shape index (κ1) is 13.8. The number of benzene rings is 1. The Bertz CT molecular complexity index is 651. The molecular formula is C11H8ClIN4O2. The first-order chi connectivity index (χ1) is 8.95. The zero-order valence-electron chi connectivity index (χ0n) is 9.43. The Morgan fingerprint density at radius 3 is 2.74 bits per heavy atom. The van der Waals surface area contributed by atoms with E-state index in [1.807, 2.05) is 0 Å². The summed E-state index contributed by atoms with van der Waals surface area (Å²) < 4.78 is 0.872. The lowest BCUT2D eigenvalue weighted by Crippen LogP contribution is -2.00. The molecule has 98 valence electrons. The highest BCUT2D eigenvalue weighted by molar-refractivity contribution is 14.1. The fourth-order valence-corrected chi connectivity index (χ4v) is 2.44. The van der Waals surface area contributed by atoms with Gasteiger partial charge in [0.2, 0.25) is 0 Å². The average Bonchev–Trinajstić information content (AvgIpc) is 2.32. The van der Waals surface area contributed by atoms with Crippen molar-refractivity contribution >= 4 is 57.2 Å². The lowest BCUT2D eigenvalue weighted by molar-refractivity contribution is -0.384. The number of aromatic nitrogens is 1. The minimum atomic E-state index is -0.518. The Kier molecular flexibility index (Phi) is 4.05. The molecule has 19 heavy (non-hydrogen) atoms. The molecule has 0 amide bonds. The number of hydrogen-bond donors (Lipinski definition) is 2. The van der Waals surface area contributed by atoms with Crippen LogP contribution < -0.4 is 11.1 Å².